The van der Waals surface area contributed by atoms with E-state index in [1.165, 1.54) is 14.2 Å². The lowest BCUT2D eigenvalue weighted by Gasteiger charge is -2.15. The van der Waals surface area contributed by atoms with Crippen LogP contribution in [0.2, 0.25) is 10.0 Å². The van der Waals surface area contributed by atoms with Gasteiger partial charge in [-0.2, -0.15) is 0 Å². The van der Waals surface area contributed by atoms with Crippen molar-refractivity contribution >= 4 is 34.8 Å². The number of amides is 1. The molecule has 3 aromatic rings. The minimum Gasteiger partial charge on any atom is -0.495 e. The molecule has 33 heavy (non-hydrogen) atoms. The van der Waals surface area contributed by atoms with Crippen LogP contribution in [0.4, 0.5) is 5.69 Å². The summed E-state index contributed by atoms with van der Waals surface area (Å²) in [6.07, 6.45) is 0. The number of hydrogen-bond acceptors (Lipinski definition) is 5. The van der Waals surface area contributed by atoms with Gasteiger partial charge >= 0.3 is 0 Å². The Kier molecular flexibility index (Phi) is 8.31. The first-order valence-corrected chi connectivity index (χ1v) is 11.0. The van der Waals surface area contributed by atoms with Crippen LogP contribution in [-0.2, 0) is 6.61 Å². The maximum atomic E-state index is 13.0. The summed E-state index contributed by atoms with van der Waals surface area (Å²) < 4.78 is 22.2. The molecule has 0 heterocycles. The molecule has 3 aromatic carbocycles. The highest BCUT2D eigenvalue weighted by atomic mass is 35.5. The van der Waals surface area contributed by atoms with Crippen LogP contribution >= 0.6 is 23.2 Å². The van der Waals surface area contributed by atoms with Crippen molar-refractivity contribution in [3.8, 4) is 23.0 Å². The van der Waals surface area contributed by atoms with Crippen LogP contribution in [0.5, 0.6) is 23.0 Å². The van der Waals surface area contributed by atoms with Gasteiger partial charge in [-0.05, 0) is 55.8 Å². The van der Waals surface area contributed by atoms with Gasteiger partial charge in [0.05, 0.1) is 31.5 Å². The summed E-state index contributed by atoms with van der Waals surface area (Å²) >= 11 is 12.2. The topological polar surface area (TPSA) is 66.0 Å². The molecule has 8 heteroatoms. The second kappa shape index (κ2) is 11.2. The molecule has 174 valence electrons. The van der Waals surface area contributed by atoms with Gasteiger partial charge in [0.1, 0.15) is 29.6 Å². The number of halogens is 2. The monoisotopic (exact) mass is 489 g/mol. The SMILES string of the molecule is CCOc1ccc(C(=O)Nc2cc(OC)c(Cl)cc2OC)cc1COc1ccc(Cl)c(C)c1. The highest BCUT2D eigenvalue weighted by Gasteiger charge is 2.16. The standard InChI is InChI=1S/C25H25Cl2NO5/c1-5-32-22-9-6-16(11-17(22)14-33-18-7-8-19(26)15(2)10-18)25(29)28-21-13-23(30-3)20(27)12-24(21)31-4/h6-13H,5,14H2,1-4H3,(H,28,29). The fourth-order valence-electron chi connectivity index (χ4n) is 3.15. The minimum absolute atomic E-state index is 0.218. The number of benzene rings is 3. The van der Waals surface area contributed by atoms with E-state index in [0.717, 1.165) is 11.1 Å². The number of aryl methyl sites for hydroxylation is 1. The summed E-state index contributed by atoms with van der Waals surface area (Å²) in [5, 5.41) is 3.90. The molecular weight excluding hydrogens is 465 g/mol. The van der Waals surface area contributed by atoms with E-state index in [4.69, 9.17) is 42.1 Å². The van der Waals surface area contributed by atoms with Crippen LogP contribution in [0.15, 0.2) is 48.5 Å². The van der Waals surface area contributed by atoms with Gasteiger partial charge in [0, 0.05) is 28.3 Å². The van der Waals surface area contributed by atoms with Crippen molar-refractivity contribution in [1.82, 2.24) is 0 Å². The number of rotatable bonds is 9. The third-order valence-corrected chi connectivity index (χ3v) is 5.59. The van der Waals surface area contributed by atoms with Crippen molar-refractivity contribution in [2.24, 2.45) is 0 Å². The predicted molar refractivity (Wildman–Crippen MR) is 131 cm³/mol. The molecule has 0 saturated carbocycles. The van der Waals surface area contributed by atoms with Gasteiger partial charge in [-0.15, -0.1) is 0 Å². The van der Waals surface area contributed by atoms with E-state index >= 15 is 0 Å². The van der Waals surface area contributed by atoms with Gasteiger partial charge in [-0.3, -0.25) is 4.79 Å². The van der Waals surface area contributed by atoms with E-state index in [9.17, 15) is 4.79 Å². The molecule has 0 fully saturated rings. The average molecular weight is 490 g/mol. The lowest BCUT2D eigenvalue weighted by molar-refractivity contribution is 0.102. The number of hydrogen-bond donors (Lipinski definition) is 1. The van der Waals surface area contributed by atoms with Crippen molar-refractivity contribution in [1.29, 1.82) is 0 Å². The zero-order chi connectivity index (χ0) is 24.0. The second-order valence-electron chi connectivity index (χ2n) is 7.10. The Bertz CT molecular complexity index is 1150. The molecule has 0 radical (unpaired) electrons. The Morgan fingerprint density at radius 3 is 2.30 bits per heavy atom. The molecule has 0 aliphatic carbocycles. The lowest BCUT2D eigenvalue weighted by Crippen LogP contribution is -2.14. The van der Waals surface area contributed by atoms with Crippen LogP contribution in [0.3, 0.4) is 0 Å². The van der Waals surface area contributed by atoms with Crippen LogP contribution in [0.1, 0.15) is 28.4 Å². The van der Waals surface area contributed by atoms with Gasteiger partial charge in [-0.25, -0.2) is 0 Å². The number of methoxy groups -OCH3 is 2. The van der Waals surface area contributed by atoms with Crippen molar-refractivity contribution < 1.29 is 23.7 Å². The molecule has 3 rings (SSSR count). The van der Waals surface area contributed by atoms with Gasteiger partial charge in [0.2, 0.25) is 0 Å². The molecule has 6 nitrogen and oxygen atoms in total. The molecule has 0 aliphatic rings. The van der Waals surface area contributed by atoms with E-state index in [1.807, 2.05) is 19.9 Å². The molecule has 1 amide bonds. The minimum atomic E-state index is -0.329. The zero-order valence-corrected chi connectivity index (χ0v) is 20.3. The third kappa shape index (κ3) is 6.03. The molecule has 0 spiro atoms. The number of ether oxygens (including phenoxy) is 4. The molecule has 0 atom stereocenters. The van der Waals surface area contributed by atoms with Crippen LogP contribution < -0.4 is 24.3 Å². The smallest absolute Gasteiger partial charge is 0.255 e. The summed E-state index contributed by atoms with van der Waals surface area (Å²) in [7, 11) is 3.00. The van der Waals surface area contributed by atoms with Crippen molar-refractivity contribution in [3.05, 3.63) is 75.3 Å². The van der Waals surface area contributed by atoms with Gasteiger partial charge in [0.15, 0.2) is 0 Å². The molecular formula is C25H25Cl2NO5. The third-order valence-electron chi connectivity index (χ3n) is 4.87. The Balaban J connectivity index is 1.84. The second-order valence-corrected chi connectivity index (χ2v) is 7.91. The van der Waals surface area contributed by atoms with Gasteiger partial charge in [-0.1, -0.05) is 23.2 Å². The summed E-state index contributed by atoms with van der Waals surface area (Å²) in [5.74, 6) is 1.83. The Morgan fingerprint density at radius 1 is 0.879 bits per heavy atom. The normalized spacial score (nSPS) is 10.5. The Hall–Kier alpha value is -3.09. The summed E-state index contributed by atoms with van der Waals surface area (Å²) in [5.41, 5.74) is 2.52. The summed E-state index contributed by atoms with van der Waals surface area (Å²) in [6, 6.07) is 13.8. The molecule has 0 aliphatic heterocycles. The van der Waals surface area contributed by atoms with E-state index in [1.54, 1.807) is 42.5 Å². The van der Waals surface area contributed by atoms with Crippen molar-refractivity contribution in [3.63, 3.8) is 0 Å². The number of carbonyl (C=O) groups is 1. The van der Waals surface area contributed by atoms with Crippen molar-refractivity contribution in [2.45, 2.75) is 20.5 Å². The molecule has 0 saturated heterocycles. The van der Waals surface area contributed by atoms with Crippen LogP contribution in [0, 0.1) is 6.92 Å². The lowest BCUT2D eigenvalue weighted by atomic mass is 10.1. The number of carbonyl (C=O) groups excluding carboxylic acids is 1. The molecule has 0 bridgehead atoms. The number of nitrogens with one attached hydrogen (secondary N) is 1. The van der Waals surface area contributed by atoms with E-state index in [-0.39, 0.29) is 12.5 Å². The maximum Gasteiger partial charge on any atom is 0.255 e. The van der Waals surface area contributed by atoms with E-state index in [2.05, 4.69) is 5.32 Å². The molecule has 0 unspecified atom stereocenters. The first kappa shape index (κ1) is 24.6. The number of anilines is 1. The highest BCUT2D eigenvalue weighted by molar-refractivity contribution is 6.32. The maximum absolute atomic E-state index is 13.0. The Morgan fingerprint density at radius 2 is 1.64 bits per heavy atom. The predicted octanol–water partition coefficient (Wildman–Crippen LogP) is 6.55. The summed E-state index contributed by atoms with van der Waals surface area (Å²) in [4.78, 5) is 13.0. The fraction of sp³-hybridized carbons (Fsp3) is 0.240. The quantitative estimate of drug-likeness (QED) is 0.369. The largest absolute Gasteiger partial charge is 0.495 e. The van der Waals surface area contributed by atoms with Gasteiger partial charge in [0.25, 0.3) is 5.91 Å². The first-order valence-electron chi connectivity index (χ1n) is 10.2. The molecule has 0 aromatic heterocycles. The average Bonchev–Trinajstić information content (AvgIpc) is 2.81. The van der Waals surface area contributed by atoms with Crippen LogP contribution in [-0.4, -0.2) is 26.7 Å². The zero-order valence-electron chi connectivity index (χ0n) is 18.8. The van der Waals surface area contributed by atoms with E-state index < -0.39 is 0 Å². The summed E-state index contributed by atoms with van der Waals surface area (Å²) in [6.45, 7) is 4.51. The highest BCUT2D eigenvalue weighted by Crippen LogP contribution is 2.36. The van der Waals surface area contributed by atoms with E-state index in [0.29, 0.717) is 50.9 Å². The van der Waals surface area contributed by atoms with Crippen molar-refractivity contribution in [2.75, 3.05) is 26.1 Å². The van der Waals surface area contributed by atoms with Gasteiger partial charge < -0.3 is 24.3 Å². The molecule has 1 N–H and O–H groups in total. The fourth-order valence-corrected chi connectivity index (χ4v) is 3.50. The van der Waals surface area contributed by atoms with Crippen LogP contribution in [0.25, 0.3) is 0 Å². The first-order chi connectivity index (χ1) is 15.9. The Labute approximate surface area is 203 Å².